The molecule has 1 N–H and O–H groups in total. The number of aromatic nitrogens is 3. The highest BCUT2D eigenvalue weighted by Gasteiger charge is 2.18. The van der Waals surface area contributed by atoms with Gasteiger partial charge in [-0.05, 0) is 32.4 Å². The zero-order chi connectivity index (χ0) is 14.9. The van der Waals surface area contributed by atoms with E-state index in [1.54, 1.807) is 13.0 Å². The van der Waals surface area contributed by atoms with Gasteiger partial charge in [0, 0.05) is 23.7 Å². The van der Waals surface area contributed by atoms with Gasteiger partial charge in [0.2, 0.25) is 0 Å². The van der Waals surface area contributed by atoms with Gasteiger partial charge in [-0.2, -0.15) is 0 Å². The van der Waals surface area contributed by atoms with Crippen molar-refractivity contribution in [1.82, 2.24) is 14.8 Å². The number of nitro groups is 1. The lowest BCUT2D eigenvalue weighted by molar-refractivity contribution is -0.384. The molecule has 0 radical (unpaired) electrons. The molecule has 0 fully saturated rings. The summed E-state index contributed by atoms with van der Waals surface area (Å²) in [5.41, 5.74) is 1.57. The lowest BCUT2D eigenvalue weighted by atomic mass is 10.1. The largest absolute Gasteiger partial charge is 0.388 e. The van der Waals surface area contributed by atoms with Gasteiger partial charge in [0.15, 0.2) is 11.6 Å². The van der Waals surface area contributed by atoms with Crippen molar-refractivity contribution in [2.45, 2.75) is 33.4 Å². The third-order valence-corrected chi connectivity index (χ3v) is 3.09. The van der Waals surface area contributed by atoms with Crippen LogP contribution in [0.1, 0.15) is 31.3 Å². The van der Waals surface area contributed by atoms with Gasteiger partial charge in [0.25, 0.3) is 5.69 Å². The van der Waals surface area contributed by atoms with Crippen LogP contribution in [-0.2, 0) is 6.61 Å². The van der Waals surface area contributed by atoms with Gasteiger partial charge < -0.3 is 9.67 Å². The van der Waals surface area contributed by atoms with Crippen LogP contribution in [0.2, 0.25) is 0 Å². The summed E-state index contributed by atoms with van der Waals surface area (Å²) in [6.07, 6.45) is 0. The molecule has 0 aliphatic carbocycles. The van der Waals surface area contributed by atoms with E-state index in [1.807, 2.05) is 18.4 Å². The molecule has 1 heterocycles. The van der Waals surface area contributed by atoms with Gasteiger partial charge in [-0.25, -0.2) is 0 Å². The predicted octanol–water partition coefficient (Wildman–Crippen LogP) is 2.23. The molecular formula is C13H16N4O3. The molecule has 0 spiro atoms. The standard InChI is InChI=1S/C13H16N4O3/c1-8(2)16-12(7-18)14-15-13(16)11-5-4-10(17(19)20)6-9(11)3/h4-6,8,18H,7H2,1-3H3. The highest BCUT2D eigenvalue weighted by Crippen LogP contribution is 2.28. The lowest BCUT2D eigenvalue weighted by Gasteiger charge is -2.14. The third-order valence-electron chi connectivity index (χ3n) is 3.09. The van der Waals surface area contributed by atoms with Crippen molar-refractivity contribution in [3.63, 3.8) is 0 Å². The first-order chi connectivity index (χ1) is 9.45. The highest BCUT2D eigenvalue weighted by molar-refractivity contribution is 5.63. The van der Waals surface area contributed by atoms with Gasteiger partial charge in [-0.15, -0.1) is 10.2 Å². The molecule has 2 rings (SSSR count). The first-order valence-corrected chi connectivity index (χ1v) is 6.25. The summed E-state index contributed by atoms with van der Waals surface area (Å²) in [7, 11) is 0. The summed E-state index contributed by atoms with van der Waals surface area (Å²) in [6.45, 7) is 5.52. The number of hydrogen-bond donors (Lipinski definition) is 1. The van der Waals surface area contributed by atoms with E-state index in [2.05, 4.69) is 10.2 Å². The van der Waals surface area contributed by atoms with Crippen molar-refractivity contribution in [1.29, 1.82) is 0 Å². The van der Waals surface area contributed by atoms with Crippen LogP contribution in [0.4, 0.5) is 5.69 Å². The zero-order valence-electron chi connectivity index (χ0n) is 11.6. The maximum atomic E-state index is 10.8. The summed E-state index contributed by atoms with van der Waals surface area (Å²) in [4.78, 5) is 10.3. The molecule has 0 saturated carbocycles. The van der Waals surface area contributed by atoms with Gasteiger partial charge in [-0.3, -0.25) is 10.1 Å². The molecule has 0 bridgehead atoms. The molecule has 106 valence electrons. The number of nitro benzene ring substituents is 1. The molecule has 0 unspecified atom stereocenters. The predicted molar refractivity (Wildman–Crippen MR) is 73.2 cm³/mol. The van der Waals surface area contributed by atoms with Crippen LogP contribution >= 0.6 is 0 Å². The molecule has 0 aliphatic heterocycles. The minimum atomic E-state index is -0.427. The second-order valence-electron chi connectivity index (χ2n) is 4.82. The fourth-order valence-electron chi connectivity index (χ4n) is 2.17. The van der Waals surface area contributed by atoms with Gasteiger partial charge in [-0.1, -0.05) is 0 Å². The number of non-ortho nitro benzene ring substituents is 1. The first kappa shape index (κ1) is 14.1. The summed E-state index contributed by atoms with van der Waals surface area (Å²) >= 11 is 0. The highest BCUT2D eigenvalue weighted by atomic mass is 16.6. The molecule has 0 atom stereocenters. The zero-order valence-corrected chi connectivity index (χ0v) is 11.6. The Balaban J connectivity index is 2.57. The van der Waals surface area contributed by atoms with E-state index in [4.69, 9.17) is 0 Å². The molecule has 7 heteroatoms. The van der Waals surface area contributed by atoms with Crippen molar-refractivity contribution in [2.24, 2.45) is 0 Å². The van der Waals surface area contributed by atoms with Gasteiger partial charge >= 0.3 is 0 Å². The van der Waals surface area contributed by atoms with E-state index in [0.717, 1.165) is 11.1 Å². The van der Waals surface area contributed by atoms with Crippen molar-refractivity contribution < 1.29 is 10.0 Å². The molecular weight excluding hydrogens is 260 g/mol. The Hall–Kier alpha value is -2.28. The van der Waals surface area contributed by atoms with Crippen molar-refractivity contribution in [2.75, 3.05) is 0 Å². The van der Waals surface area contributed by atoms with E-state index in [0.29, 0.717) is 11.6 Å². The fraction of sp³-hybridized carbons (Fsp3) is 0.385. The van der Waals surface area contributed by atoms with Crippen molar-refractivity contribution in [3.05, 3.63) is 39.7 Å². The maximum Gasteiger partial charge on any atom is 0.269 e. The second kappa shape index (κ2) is 5.38. The number of hydrogen-bond acceptors (Lipinski definition) is 5. The van der Waals surface area contributed by atoms with E-state index in [9.17, 15) is 15.2 Å². The first-order valence-electron chi connectivity index (χ1n) is 6.25. The molecule has 1 aromatic carbocycles. The minimum Gasteiger partial charge on any atom is -0.388 e. The molecule has 2 aromatic rings. The van der Waals surface area contributed by atoms with Crippen LogP contribution in [0.5, 0.6) is 0 Å². The monoisotopic (exact) mass is 276 g/mol. The van der Waals surface area contributed by atoms with Crippen LogP contribution in [-0.4, -0.2) is 24.8 Å². The third kappa shape index (κ3) is 2.39. The number of aryl methyl sites for hydroxylation is 1. The molecule has 20 heavy (non-hydrogen) atoms. The Morgan fingerprint density at radius 3 is 2.60 bits per heavy atom. The molecule has 0 amide bonds. The van der Waals surface area contributed by atoms with Crippen molar-refractivity contribution >= 4 is 5.69 Å². The summed E-state index contributed by atoms with van der Waals surface area (Å²) < 4.78 is 1.83. The maximum absolute atomic E-state index is 10.8. The van der Waals surface area contributed by atoms with Crippen LogP contribution in [0.3, 0.4) is 0 Å². The molecule has 1 aromatic heterocycles. The van der Waals surface area contributed by atoms with E-state index >= 15 is 0 Å². The molecule has 0 aliphatic rings. The summed E-state index contributed by atoms with van der Waals surface area (Å²) in [5.74, 6) is 1.09. The van der Waals surface area contributed by atoms with Gasteiger partial charge in [0.1, 0.15) is 6.61 Å². The lowest BCUT2D eigenvalue weighted by Crippen LogP contribution is -2.08. The van der Waals surface area contributed by atoms with E-state index < -0.39 is 4.92 Å². The molecule has 0 saturated heterocycles. The average molecular weight is 276 g/mol. The Morgan fingerprint density at radius 2 is 2.10 bits per heavy atom. The van der Waals surface area contributed by atoms with E-state index in [1.165, 1.54) is 12.1 Å². The van der Waals surface area contributed by atoms with Crippen LogP contribution in [0.15, 0.2) is 18.2 Å². The number of benzene rings is 1. The number of rotatable bonds is 4. The quantitative estimate of drug-likeness (QED) is 0.682. The van der Waals surface area contributed by atoms with E-state index in [-0.39, 0.29) is 18.3 Å². The fourth-order valence-corrected chi connectivity index (χ4v) is 2.17. The smallest absolute Gasteiger partial charge is 0.269 e. The number of aliphatic hydroxyl groups is 1. The number of nitrogens with zero attached hydrogens (tertiary/aromatic N) is 4. The average Bonchev–Trinajstić information content (AvgIpc) is 2.82. The Morgan fingerprint density at radius 1 is 1.40 bits per heavy atom. The summed E-state index contributed by atoms with van der Waals surface area (Å²) in [5, 5.41) is 28.1. The van der Waals surface area contributed by atoms with Crippen LogP contribution in [0.25, 0.3) is 11.4 Å². The number of aliphatic hydroxyl groups excluding tert-OH is 1. The van der Waals surface area contributed by atoms with Crippen LogP contribution in [0, 0.1) is 17.0 Å². The van der Waals surface area contributed by atoms with Gasteiger partial charge in [0.05, 0.1) is 4.92 Å². The normalized spacial score (nSPS) is 11.1. The molecule has 7 nitrogen and oxygen atoms in total. The SMILES string of the molecule is Cc1cc([N+](=O)[O-])ccc1-c1nnc(CO)n1C(C)C. The Bertz CT molecular complexity index is 649. The second-order valence-corrected chi connectivity index (χ2v) is 4.82. The minimum absolute atomic E-state index is 0.0456. The van der Waals surface area contributed by atoms with Crippen molar-refractivity contribution in [3.8, 4) is 11.4 Å². The Labute approximate surface area is 116 Å². The van der Waals surface area contributed by atoms with Crippen LogP contribution < -0.4 is 0 Å². The topological polar surface area (TPSA) is 94.1 Å². The summed E-state index contributed by atoms with van der Waals surface area (Å²) in [6, 6.07) is 4.70. The Kier molecular flexibility index (Phi) is 3.80.